The normalized spacial score (nSPS) is 15.6. The number of nitrogens with zero attached hydrogens (tertiary/aromatic N) is 4. The number of anilines is 1. The molecule has 0 saturated carbocycles. The number of aromatic nitrogens is 3. The van der Waals surface area contributed by atoms with E-state index >= 15 is 0 Å². The number of fused-ring (bicyclic) bond motifs is 1. The van der Waals surface area contributed by atoms with Crippen LogP contribution in [0.25, 0.3) is 0 Å². The Labute approximate surface area is 186 Å². The summed E-state index contributed by atoms with van der Waals surface area (Å²) in [6.45, 7) is 4.48. The number of carbonyl (C=O) groups is 2. The third kappa shape index (κ3) is 6.34. The third-order valence-electron chi connectivity index (χ3n) is 4.92. The summed E-state index contributed by atoms with van der Waals surface area (Å²) >= 11 is 0. The van der Waals surface area contributed by atoms with Crippen molar-refractivity contribution in [2.24, 2.45) is 5.92 Å². The number of rotatable bonds is 4. The molecule has 0 saturated heterocycles. The summed E-state index contributed by atoms with van der Waals surface area (Å²) in [6, 6.07) is 9.48. The standard InChI is InChI=1S/C19H21N5O2.C2HF3O2/c1-14-17(6-9-26-14)19(25)23-11-15(10-21-18-4-2-3-7-20-18)12-24-16(13-23)5-8-22-24;3-2(4,5)1(6)7/h2-9,15H,10-13H2,1H3,(H,20,21);(H,6,7). The molecule has 4 rings (SSSR count). The van der Waals surface area contributed by atoms with Gasteiger partial charge in [-0.05, 0) is 31.2 Å². The van der Waals surface area contributed by atoms with Gasteiger partial charge < -0.3 is 19.7 Å². The molecule has 1 atom stereocenters. The van der Waals surface area contributed by atoms with Gasteiger partial charge in [-0.15, -0.1) is 0 Å². The smallest absolute Gasteiger partial charge is 0.475 e. The fourth-order valence-corrected chi connectivity index (χ4v) is 3.31. The van der Waals surface area contributed by atoms with Gasteiger partial charge in [-0.2, -0.15) is 18.3 Å². The van der Waals surface area contributed by atoms with Gasteiger partial charge in [0.2, 0.25) is 0 Å². The first kappa shape index (κ1) is 23.8. The Morgan fingerprint density at radius 1 is 1.21 bits per heavy atom. The van der Waals surface area contributed by atoms with Crippen molar-refractivity contribution in [1.29, 1.82) is 0 Å². The minimum absolute atomic E-state index is 0.00580. The minimum Gasteiger partial charge on any atom is -0.475 e. The molecule has 0 radical (unpaired) electrons. The van der Waals surface area contributed by atoms with Crippen molar-refractivity contribution in [2.45, 2.75) is 26.2 Å². The number of hydrogen-bond acceptors (Lipinski definition) is 6. The van der Waals surface area contributed by atoms with Crippen LogP contribution in [0.15, 0.2) is 53.4 Å². The quantitative estimate of drug-likeness (QED) is 0.608. The molecule has 0 fully saturated rings. The third-order valence-corrected chi connectivity index (χ3v) is 4.92. The molecule has 0 aromatic carbocycles. The molecule has 4 heterocycles. The van der Waals surface area contributed by atoms with Crippen molar-refractivity contribution in [2.75, 3.05) is 18.4 Å². The molecule has 1 aliphatic heterocycles. The number of carbonyl (C=O) groups excluding carboxylic acids is 1. The van der Waals surface area contributed by atoms with Gasteiger partial charge in [0.15, 0.2) is 0 Å². The number of aliphatic carboxylic acids is 1. The Hall–Kier alpha value is -3.83. The summed E-state index contributed by atoms with van der Waals surface area (Å²) in [4.78, 5) is 28.1. The second-order valence-electron chi connectivity index (χ2n) is 7.35. The van der Waals surface area contributed by atoms with E-state index in [1.54, 1.807) is 24.7 Å². The monoisotopic (exact) mass is 465 g/mol. The van der Waals surface area contributed by atoms with Gasteiger partial charge in [0.25, 0.3) is 5.91 Å². The number of pyridine rings is 1. The lowest BCUT2D eigenvalue weighted by Crippen LogP contribution is -2.36. The number of carboxylic acids is 1. The van der Waals surface area contributed by atoms with Gasteiger partial charge in [-0.1, -0.05) is 6.07 Å². The molecule has 1 unspecified atom stereocenters. The Kier molecular flexibility index (Phi) is 7.36. The van der Waals surface area contributed by atoms with Crippen LogP contribution in [0.2, 0.25) is 0 Å². The highest BCUT2D eigenvalue weighted by molar-refractivity contribution is 5.95. The van der Waals surface area contributed by atoms with E-state index < -0.39 is 12.1 Å². The van der Waals surface area contributed by atoms with E-state index in [1.807, 2.05) is 40.8 Å². The molecule has 1 aliphatic rings. The van der Waals surface area contributed by atoms with Crippen molar-refractivity contribution >= 4 is 17.7 Å². The summed E-state index contributed by atoms with van der Waals surface area (Å²) in [5.74, 6) is -1.06. The van der Waals surface area contributed by atoms with Crippen LogP contribution in [0.5, 0.6) is 0 Å². The number of alkyl halides is 3. The average molecular weight is 465 g/mol. The maximum absolute atomic E-state index is 13.0. The van der Waals surface area contributed by atoms with Crippen LogP contribution >= 0.6 is 0 Å². The highest BCUT2D eigenvalue weighted by Crippen LogP contribution is 2.20. The van der Waals surface area contributed by atoms with Crippen LogP contribution < -0.4 is 5.32 Å². The molecule has 3 aromatic heterocycles. The zero-order valence-electron chi connectivity index (χ0n) is 17.6. The lowest BCUT2D eigenvalue weighted by molar-refractivity contribution is -0.192. The van der Waals surface area contributed by atoms with Gasteiger partial charge in [-0.25, -0.2) is 9.78 Å². The molecule has 0 bridgehead atoms. The van der Waals surface area contributed by atoms with Gasteiger partial charge in [0.05, 0.1) is 24.1 Å². The minimum atomic E-state index is -5.08. The van der Waals surface area contributed by atoms with Crippen molar-refractivity contribution in [3.63, 3.8) is 0 Å². The number of furan rings is 1. The largest absolute Gasteiger partial charge is 0.490 e. The Balaban J connectivity index is 0.000000383. The van der Waals surface area contributed by atoms with Crippen molar-refractivity contribution in [3.8, 4) is 0 Å². The molecule has 0 aliphatic carbocycles. The van der Waals surface area contributed by atoms with Crippen molar-refractivity contribution in [3.05, 3.63) is 66.0 Å². The van der Waals surface area contributed by atoms with Crippen molar-refractivity contribution in [1.82, 2.24) is 19.7 Å². The zero-order valence-corrected chi connectivity index (χ0v) is 17.6. The van der Waals surface area contributed by atoms with E-state index in [0.29, 0.717) is 31.0 Å². The van der Waals surface area contributed by atoms with Crippen LogP contribution in [0.1, 0.15) is 21.8 Å². The van der Waals surface area contributed by atoms with Crippen LogP contribution in [-0.4, -0.2) is 55.9 Å². The topological polar surface area (TPSA) is 113 Å². The predicted octanol–water partition coefficient (Wildman–Crippen LogP) is 3.20. The summed E-state index contributed by atoms with van der Waals surface area (Å²) in [6.07, 6.45) is 0.0267. The average Bonchev–Trinajstić information content (AvgIpc) is 3.36. The van der Waals surface area contributed by atoms with Crippen molar-refractivity contribution < 1.29 is 32.3 Å². The molecule has 0 spiro atoms. The van der Waals surface area contributed by atoms with Crippen LogP contribution in [0.4, 0.5) is 19.0 Å². The molecule has 2 N–H and O–H groups in total. The van der Waals surface area contributed by atoms with Gasteiger partial charge >= 0.3 is 12.1 Å². The van der Waals surface area contributed by atoms with Gasteiger partial charge in [0, 0.05) is 37.9 Å². The van der Waals surface area contributed by atoms with Crippen LogP contribution in [0, 0.1) is 12.8 Å². The SMILES string of the molecule is Cc1occc1C(=O)N1Cc2ccnn2CC(CNc2ccccn2)C1.O=C(O)C(F)(F)F. The van der Waals surface area contributed by atoms with E-state index in [0.717, 1.165) is 18.1 Å². The number of nitrogens with one attached hydrogen (secondary N) is 1. The second-order valence-corrected chi connectivity index (χ2v) is 7.35. The maximum Gasteiger partial charge on any atom is 0.490 e. The Morgan fingerprint density at radius 3 is 2.58 bits per heavy atom. The zero-order chi connectivity index (χ0) is 24.0. The number of hydrogen-bond donors (Lipinski definition) is 2. The molecule has 33 heavy (non-hydrogen) atoms. The first-order chi connectivity index (χ1) is 15.6. The lowest BCUT2D eigenvalue weighted by atomic mass is 10.1. The summed E-state index contributed by atoms with van der Waals surface area (Å²) in [5, 5.41) is 14.9. The predicted molar refractivity (Wildman–Crippen MR) is 110 cm³/mol. The van der Waals surface area contributed by atoms with Gasteiger partial charge in [-0.3, -0.25) is 9.48 Å². The number of amides is 1. The second kappa shape index (κ2) is 10.2. The van der Waals surface area contributed by atoms with Crippen LogP contribution in [-0.2, 0) is 17.9 Å². The molecule has 3 aromatic rings. The molecular weight excluding hydrogens is 443 g/mol. The number of carboxylic acid groups (broad SMARTS) is 1. The highest BCUT2D eigenvalue weighted by atomic mass is 19.4. The summed E-state index contributed by atoms with van der Waals surface area (Å²) in [5.41, 5.74) is 1.66. The first-order valence-corrected chi connectivity index (χ1v) is 9.94. The first-order valence-electron chi connectivity index (χ1n) is 9.94. The Bertz CT molecular complexity index is 1080. The molecule has 9 nitrogen and oxygen atoms in total. The maximum atomic E-state index is 13.0. The van der Waals surface area contributed by atoms with Gasteiger partial charge in [0.1, 0.15) is 11.6 Å². The summed E-state index contributed by atoms with van der Waals surface area (Å²) < 4.78 is 39.0. The molecule has 176 valence electrons. The van der Waals surface area contributed by atoms with E-state index in [1.165, 1.54) is 0 Å². The lowest BCUT2D eigenvalue weighted by Gasteiger charge is -2.24. The van der Waals surface area contributed by atoms with E-state index in [9.17, 15) is 18.0 Å². The molecule has 1 amide bonds. The van der Waals surface area contributed by atoms with E-state index in [2.05, 4.69) is 15.4 Å². The molecular formula is C21H22F3N5O4. The van der Waals surface area contributed by atoms with E-state index in [-0.39, 0.29) is 11.8 Å². The van der Waals surface area contributed by atoms with E-state index in [4.69, 9.17) is 14.3 Å². The number of aryl methyl sites for hydroxylation is 1. The molecule has 12 heteroatoms. The number of halogens is 3. The fraction of sp³-hybridized carbons (Fsp3) is 0.333. The fourth-order valence-electron chi connectivity index (χ4n) is 3.31. The highest BCUT2D eigenvalue weighted by Gasteiger charge is 2.38. The van der Waals surface area contributed by atoms with Crippen LogP contribution in [0.3, 0.4) is 0 Å². The Morgan fingerprint density at radius 2 is 1.97 bits per heavy atom. The summed E-state index contributed by atoms with van der Waals surface area (Å²) in [7, 11) is 0.